The Morgan fingerprint density at radius 3 is 2.54 bits per heavy atom. The second kappa shape index (κ2) is 7.12. The maximum Gasteiger partial charge on any atom is 0.259 e. The molecule has 4 rings (SSSR count). The highest BCUT2D eigenvalue weighted by Crippen LogP contribution is 2.33. The highest BCUT2D eigenvalue weighted by Gasteiger charge is 2.40. The molecule has 28 heavy (non-hydrogen) atoms. The Morgan fingerprint density at radius 2 is 1.89 bits per heavy atom. The molecule has 146 valence electrons. The fourth-order valence-corrected chi connectivity index (χ4v) is 3.12. The average molecular weight is 387 g/mol. The van der Waals surface area contributed by atoms with Crippen molar-refractivity contribution in [2.24, 2.45) is 0 Å². The molecule has 1 aliphatic rings. The van der Waals surface area contributed by atoms with Gasteiger partial charge in [-0.1, -0.05) is 10.3 Å². The van der Waals surface area contributed by atoms with Crippen molar-refractivity contribution in [3.05, 3.63) is 47.7 Å². The second-order valence-electron chi connectivity index (χ2n) is 6.75. The number of rotatable bonds is 4. The van der Waals surface area contributed by atoms with Crippen LogP contribution >= 0.6 is 0 Å². The number of piperidine rings is 1. The van der Waals surface area contributed by atoms with Crippen LogP contribution in [-0.2, 0) is 16.8 Å². The highest BCUT2D eigenvalue weighted by molar-refractivity contribution is 5.77. The monoisotopic (exact) mass is 387 g/mol. The number of carbonyl (C=O) groups is 1. The number of likely N-dealkylation sites (tertiary alicyclic amines) is 1. The van der Waals surface area contributed by atoms with Crippen molar-refractivity contribution >= 4 is 5.91 Å². The summed E-state index contributed by atoms with van der Waals surface area (Å²) in [5.74, 6) is 0.593. The van der Waals surface area contributed by atoms with E-state index in [2.05, 4.69) is 20.3 Å². The van der Waals surface area contributed by atoms with Gasteiger partial charge in [0.15, 0.2) is 5.82 Å². The van der Waals surface area contributed by atoms with Crippen LogP contribution in [0.1, 0.15) is 30.4 Å². The number of hydrogen-bond donors (Lipinski definition) is 1. The van der Waals surface area contributed by atoms with Gasteiger partial charge in [-0.3, -0.25) is 4.79 Å². The molecule has 0 aliphatic carbocycles. The molecule has 1 fully saturated rings. The summed E-state index contributed by atoms with van der Waals surface area (Å²) in [5.41, 5.74) is -0.731. The molecule has 0 unspecified atom stereocenters. The molecule has 0 atom stereocenters. The van der Waals surface area contributed by atoms with Crippen LogP contribution in [0.2, 0.25) is 0 Å². The summed E-state index contributed by atoms with van der Waals surface area (Å²) in [6, 6.07) is 5.67. The van der Waals surface area contributed by atoms with Crippen molar-refractivity contribution in [3.8, 4) is 11.4 Å². The van der Waals surface area contributed by atoms with E-state index < -0.39 is 5.60 Å². The molecule has 1 aromatic carbocycles. The quantitative estimate of drug-likeness (QED) is 0.717. The van der Waals surface area contributed by atoms with E-state index in [-0.39, 0.29) is 48.6 Å². The maximum atomic E-state index is 13.1. The van der Waals surface area contributed by atoms with E-state index in [1.807, 2.05) is 0 Å². The second-order valence-corrected chi connectivity index (χ2v) is 6.75. The Morgan fingerprint density at radius 1 is 1.18 bits per heavy atom. The largest absolute Gasteiger partial charge is 0.380 e. The van der Waals surface area contributed by atoms with E-state index in [1.54, 1.807) is 11.8 Å². The van der Waals surface area contributed by atoms with Crippen molar-refractivity contribution in [2.75, 3.05) is 13.1 Å². The first-order valence-electron chi connectivity index (χ1n) is 8.82. The topological polar surface area (TPSA) is 118 Å². The van der Waals surface area contributed by atoms with Crippen LogP contribution in [-0.4, -0.2) is 49.3 Å². The number of halogens is 1. The molecular weight excluding hydrogens is 369 g/mol. The van der Waals surface area contributed by atoms with Crippen LogP contribution in [0.4, 0.5) is 4.39 Å². The van der Waals surface area contributed by atoms with Crippen molar-refractivity contribution in [3.63, 3.8) is 0 Å². The number of aryl methyl sites for hydroxylation is 1. The molecule has 3 aromatic rings. The van der Waals surface area contributed by atoms with Crippen LogP contribution in [0.3, 0.4) is 0 Å². The van der Waals surface area contributed by atoms with Gasteiger partial charge < -0.3 is 19.1 Å². The SMILES string of the molecule is Cc1noc(CC(=O)N2CCC(O)(c3nc(-c4ccc(F)cc4)no3)CC2)n1. The van der Waals surface area contributed by atoms with Crippen molar-refractivity contribution < 1.29 is 23.3 Å². The van der Waals surface area contributed by atoms with Crippen molar-refractivity contribution in [1.82, 2.24) is 25.2 Å². The number of benzene rings is 1. The predicted molar refractivity (Wildman–Crippen MR) is 92.1 cm³/mol. The summed E-state index contributed by atoms with van der Waals surface area (Å²) >= 11 is 0. The van der Waals surface area contributed by atoms with Crippen LogP contribution in [0.5, 0.6) is 0 Å². The lowest BCUT2D eigenvalue weighted by molar-refractivity contribution is -0.136. The number of nitrogens with zero attached hydrogens (tertiary/aromatic N) is 5. The van der Waals surface area contributed by atoms with Gasteiger partial charge in [0.25, 0.3) is 5.89 Å². The number of amides is 1. The Bertz CT molecular complexity index is 976. The van der Waals surface area contributed by atoms with Gasteiger partial charge in [0.1, 0.15) is 17.8 Å². The molecule has 1 amide bonds. The average Bonchev–Trinajstić information content (AvgIpc) is 3.33. The summed E-state index contributed by atoms with van der Waals surface area (Å²) in [6.07, 6.45) is 0.536. The number of carbonyl (C=O) groups excluding carboxylic acids is 1. The van der Waals surface area contributed by atoms with Crippen LogP contribution in [0, 0.1) is 12.7 Å². The van der Waals surface area contributed by atoms with Gasteiger partial charge in [-0.25, -0.2) is 4.39 Å². The van der Waals surface area contributed by atoms with E-state index >= 15 is 0 Å². The van der Waals surface area contributed by atoms with Crippen molar-refractivity contribution in [1.29, 1.82) is 0 Å². The first-order valence-corrected chi connectivity index (χ1v) is 8.82. The zero-order valence-corrected chi connectivity index (χ0v) is 15.1. The molecule has 1 saturated heterocycles. The molecule has 0 spiro atoms. The van der Waals surface area contributed by atoms with Gasteiger partial charge in [0.05, 0.1) is 0 Å². The van der Waals surface area contributed by atoms with E-state index in [4.69, 9.17) is 9.05 Å². The van der Waals surface area contributed by atoms with Crippen LogP contribution in [0.15, 0.2) is 33.3 Å². The van der Waals surface area contributed by atoms with Crippen LogP contribution in [0.25, 0.3) is 11.4 Å². The van der Waals surface area contributed by atoms with Gasteiger partial charge in [-0.15, -0.1) is 0 Å². The summed E-state index contributed by atoms with van der Waals surface area (Å²) < 4.78 is 23.3. The first kappa shape index (κ1) is 18.2. The molecule has 1 N–H and O–H groups in total. The fraction of sp³-hybridized carbons (Fsp3) is 0.389. The predicted octanol–water partition coefficient (Wildman–Crippen LogP) is 1.62. The number of aliphatic hydroxyl groups is 1. The lowest BCUT2D eigenvalue weighted by Crippen LogP contribution is -2.45. The minimum Gasteiger partial charge on any atom is -0.380 e. The van der Waals surface area contributed by atoms with Gasteiger partial charge in [0, 0.05) is 31.5 Å². The number of aromatic nitrogens is 4. The third-order valence-corrected chi connectivity index (χ3v) is 4.74. The van der Waals surface area contributed by atoms with Crippen molar-refractivity contribution in [2.45, 2.75) is 31.8 Å². The zero-order chi connectivity index (χ0) is 19.7. The lowest BCUT2D eigenvalue weighted by atomic mass is 9.91. The minimum absolute atomic E-state index is 0.0224. The van der Waals surface area contributed by atoms with Gasteiger partial charge in [-0.05, 0) is 31.2 Å². The third-order valence-electron chi connectivity index (χ3n) is 4.74. The van der Waals surface area contributed by atoms with Gasteiger partial charge >= 0.3 is 0 Å². The van der Waals surface area contributed by atoms with Gasteiger partial charge in [0.2, 0.25) is 17.6 Å². The molecule has 0 saturated carbocycles. The summed E-state index contributed by atoms with van der Waals surface area (Å²) in [4.78, 5) is 22.3. The first-order chi connectivity index (χ1) is 13.4. The lowest BCUT2D eigenvalue weighted by Gasteiger charge is -2.35. The van der Waals surface area contributed by atoms with E-state index in [1.165, 1.54) is 24.3 Å². The van der Waals surface area contributed by atoms with E-state index in [9.17, 15) is 14.3 Å². The van der Waals surface area contributed by atoms with E-state index in [0.717, 1.165) is 0 Å². The van der Waals surface area contributed by atoms with Gasteiger partial charge in [-0.2, -0.15) is 9.97 Å². The smallest absolute Gasteiger partial charge is 0.259 e. The summed E-state index contributed by atoms with van der Waals surface area (Å²) in [7, 11) is 0. The highest BCUT2D eigenvalue weighted by atomic mass is 19.1. The minimum atomic E-state index is -1.32. The molecule has 1 aliphatic heterocycles. The zero-order valence-electron chi connectivity index (χ0n) is 15.1. The van der Waals surface area contributed by atoms with E-state index in [0.29, 0.717) is 24.5 Å². The maximum absolute atomic E-state index is 13.1. The Balaban J connectivity index is 1.40. The Kier molecular flexibility index (Phi) is 4.63. The number of hydrogen-bond acceptors (Lipinski definition) is 8. The normalized spacial score (nSPS) is 16.3. The standard InChI is InChI=1S/C18H18FN5O4/c1-11-20-14(27-22-11)10-15(25)24-8-6-18(26,7-9-24)17-21-16(23-28-17)12-2-4-13(19)5-3-12/h2-5,26H,6-10H2,1H3. The summed E-state index contributed by atoms with van der Waals surface area (Å²) in [6.45, 7) is 2.34. The molecule has 0 radical (unpaired) electrons. The molecule has 10 heteroatoms. The fourth-order valence-electron chi connectivity index (χ4n) is 3.12. The summed E-state index contributed by atoms with van der Waals surface area (Å²) in [5, 5.41) is 18.4. The molecule has 9 nitrogen and oxygen atoms in total. The molecule has 0 bridgehead atoms. The molecule has 3 heterocycles. The molecule has 2 aromatic heterocycles. The van der Waals surface area contributed by atoms with Crippen LogP contribution < -0.4 is 0 Å². The molecular formula is C18H18FN5O4. The Labute approximate surface area is 159 Å². The Hall–Kier alpha value is -3.14. The third kappa shape index (κ3) is 3.63.